The molecule has 18 heavy (non-hydrogen) atoms. The third-order valence-electron chi connectivity index (χ3n) is 3.33. The summed E-state index contributed by atoms with van der Waals surface area (Å²) in [5, 5.41) is 9.87. The predicted octanol–water partition coefficient (Wildman–Crippen LogP) is 2.60. The Balaban J connectivity index is 2.07. The van der Waals surface area contributed by atoms with Crippen molar-refractivity contribution in [3.05, 3.63) is 33.8 Å². The molecule has 1 aromatic carbocycles. The quantitative estimate of drug-likeness (QED) is 0.928. The molecule has 4 heteroatoms. The van der Waals surface area contributed by atoms with Gasteiger partial charge in [0.1, 0.15) is 0 Å². The number of rotatable bonds is 4. The van der Waals surface area contributed by atoms with Crippen molar-refractivity contribution in [3.8, 4) is 0 Å². The van der Waals surface area contributed by atoms with Crippen molar-refractivity contribution in [2.45, 2.75) is 25.9 Å². The Morgan fingerprint density at radius 2 is 2.22 bits per heavy atom. The Morgan fingerprint density at radius 3 is 2.83 bits per heavy atom. The predicted molar refractivity (Wildman–Crippen MR) is 74.6 cm³/mol. The molecule has 0 heterocycles. The average Bonchev–Trinajstić information content (AvgIpc) is 3.15. The molecule has 1 fully saturated rings. The molecular formula is C14H18BrNO2. The molecule has 1 amide bonds. The minimum Gasteiger partial charge on any atom is -0.391 e. The number of halogens is 1. The molecule has 0 aromatic heterocycles. The number of amides is 1. The summed E-state index contributed by atoms with van der Waals surface area (Å²) in [5.74, 6) is 0.339. The van der Waals surface area contributed by atoms with Crippen LogP contribution in [-0.4, -0.2) is 35.6 Å². The maximum absolute atomic E-state index is 12.3. The maximum Gasteiger partial charge on any atom is 0.254 e. The Bertz CT molecular complexity index is 457. The van der Waals surface area contributed by atoms with E-state index in [1.54, 1.807) is 11.9 Å². The Labute approximate surface area is 116 Å². The molecule has 1 unspecified atom stereocenters. The highest BCUT2D eigenvalue weighted by molar-refractivity contribution is 9.10. The van der Waals surface area contributed by atoms with Gasteiger partial charge in [-0.15, -0.1) is 0 Å². The van der Waals surface area contributed by atoms with E-state index in [4.69, 9.17) is 0 Å². The average molecular weight is 312 g/mol. The summed E-state index contributed by atoms with van der Waals surface area (Å²) in [7, 11) is 1.74. The third-order valence-corrected chi connectivity index (χ3v) is 4.02. The van der Waals surface area contributed by atoms with E-state index < -0.39 is 0 Å². The molecule has 1 aromatic rings. The fourth-order valence-corrected chi connectivity index (χ4v) is 2.42. The summed E-state index contributed by atoms with van der Waals surface area (Å²) in [5.41, 5.74) is 1.71. The lowest BCUT2D eigenvalue weighted by molar-refractivity contribution is 0.0644. The molecule has 0 bridgehead atoms. The fraction of sp³-hybridized carbons (Fsp3) is 0.500. The molecule has 0 spiro atoms. The minimum absolute atomic E-state index is 0.0507. The highest BCUT2D eigenvalue weighted by atomic mass is 79.9. The lowest BCUT2D eigenvalue weighted by Crippen LogP contribution is -2.35. The second-order valence-electron chi connectivity index (χ2n) is 5.07. The first kappa shape index (κ1) is 13.6. The number of hydrogen-bond acceptors (Lipinski definition) is 2. The van der Waals surface area contributed by atoms with Gasteiger partial charge in [0.25, 0.3) is 5.91 Å². The molecule has 1 aliphatic carbocycles. The van der Waals surface area contributed by atoms with Gasteiger partial charge in [-0.25, -0.2) is 0 Å². The van der Waals surface area contributed by atoms with Crippen LogP contribution in [0.25, 0.3) is 0 Å². The largest absolute Gasteiger partial charge is 0.391 e. The number of aryl methyl sites for hydroxylation is 1. The van der Waals surface area contributed by atoms with Crippen molar-refractivity contribution < 1.29 is 9.90 Å². The summed E-state index contributed by atoms with van der Waals surface area (Å²) >= 11 is 3.40. The second-order valence-corrected chi connectivity index (χ2v) is 5.93. The van der Waals surface area contributed by atoms with Crippen LogP contribution in [0, 0.1) is 12.8 Å². The van der Waals surface area contributed by atoms with Crippen LogP contribution in [0.2, 0.25) is 0 Å². The van der Waals surface area contributed by atoms with Gasteiger partial charge in [0.2, 0.25) is 0 Å². The first-order valence-corrected chi connectivity index (χ1v) is 6.98. The van der Waals surface area contributed by atoms with Crippen molar-refractivity contribution in [1.29, 1.82) is 0 Å². The Kier molecular flexibility index (Phi) is 4.07. The van der Waals surface area contributed by atoms with E-state index in [0.29, 0.717) is 18.0 Å². The monoisotopic (exact) mass is 311 g/mol. The summed E-state index contributed by atoms with van der Waals surface area (Å²) < 4.78 is 0.797. The zero-order chi connectivity index (χ0) is 13.3. The van der Waals surface area contributed by atoms with E-state index in [1.165, 1.54) is 0 Å². The molecule has 98 valence electrons. The zero-order valence-electron chi connectivity index (χ0n) is 10.7. The number of carbonyl (C=O) groups excluding carboxylic acids is 1. The minimum atomic E-state index is -0.387. The molecule has 2 rings (SSSR count). The van der Waals surface area contributed by atoms with Gasteiger partial charge < -0.3 is 10.0 Å². The number of hydrogen-bond donors (Lipinski definition) is 1. The number of aliphatic hydroxyl groups excluding tert-OH is 1. The van der Waals surface area contributed by atoms with E-state index in [9.17, 15) is 9.90 Å². The van der Waals surface area contributed by atoms with Crippen LogP contribution in [-0.2, 0) is 0 Å². The van der Waals surface area contributed by atoms with Crippen molar-refractivity contribution >= 4 is 21.8 Å². The lowest BCUT2D eigenvalue weighted by atomic mass is 10.1. The number of benzene rings is 1. The molecular weight excluding hydrogens is 294 g/mol. The SMILES string of the molecule is Cc1ccc(Br)c(C(=O)N(C)CC(O)C2CC2)c1. The number of aliphatic hydroxyl groups is 1. The van der Waals surface area contributed by atoms with Gasteiger partial charge >= 0.3 is 0 Å². The van der Waals surface area contributed by atoms with Gasteiger partial charge in [-0.3, -0.25) is 4.79 Å². The van der Waals surface area contributed by atoms with Crippen molar-refractivity contribution in [3.63, 3.8) is 0 Å². The Morgan fingerprint density at radius 1 is 1.56 bits per heavy atom. The van der Waals surface area contributed by atoms with Crippen LogP contribution in [0.15, 0.2) is 22.7 Å². The van der Waals surface area contributed by atoms with Crippen LogP contribution < -0.4 is 0 Å². The van der Waals surface area contributed by atoms with E-state index >= 15 is 0 Å². The van der Waals surface area contributed by atoms with Crippen LogP contribution in [0.3, 0.4) is 0 Å². The molecule has 1 saturated carbocycles. The number of likely N-dealkylation sites (N-methyl/N-ethyl adjacent to an activating group) is 1. The Hall–Kier alpha value is -0.870. The second kappa shape index (κ2) is 5.41. The van der Waals surface area contributed by atoms with Crippen LogP contribution in [0.5, 0.6) is 0 Å². The number of nitrogens with zero attached hydrogens (tertiary/aromatic N) is 1. The van der Waals surface area contributed by atoms with Crippen LogP contribution in [0.1, 0.15) is 28.8 Å². The summed E-state index contributed by atoms with van der Waals surface area (Å²) in [6.45, 7) is 2.37. The van der Waals surface area contributed by atoms with Crippen LogP contribution in [0.4, 0.5) is 0 Å². The smallest absolute Gasteiger partial charge is 0.254 e. The van der Waals surface area contributed by atoms with Gasteiger partial charge in [-0.2, -0.15) is 0 Å². The standard InChI is InChI=1S/C14H18BrNO2/c1-9-3-6-12(15)11(7-9)14(18)16(2)8-13(17)10-4-5-10/h3,6-7,10,13,17H,4-5,8H2,1-2H3. The van der Waals surface area contributed by atoms with E-state index in [1.807, 2.05) is 25.1 Å². The lowest BCUT2D eigenvalue weighted by Gasteiger charge is -2.21. The van der Waals surface area contributed by atoms with Gasteiger partial charge in [-0.1, -0.05) is 11.6 Å². The molecule has 1 N–H and O–H groups in total. The summed E-state index contributed by atoms with van der Waals surface area (Å²) in [4.78, 5) is 13.9. The molecule has 0 saturated heterocycles. The maximum atomic E-state index is 12.3. The molecule has 3 nitrogen and oxygen atoms in total. The molecule has 0 radical (unpaired) electrons. The summed E-state index contributed by atoms with van der Waals surface area (Å²) in [6.07, 6.45) is 1.77. The number of carbonyl (C=O) groups is 1. The molecule has 1 aliphatic rings. The van der Waals surface area contributed by atoms with Crippen molar-refractivity contribution in [2.24, 2.45) is 5.92 Å². The zero-order valence-corrected chi connectivity index (χ0v) is 12.3. The van der Waals surface area contributed by atoms with Gasteiger partial charge in [0, 0.05) is 18.1 Å². The van der Waals surface area contributed by atoms with Crippen molar-refractivity contribution in [2.75, 3.05) is 13.6 Å². The fourth-order valence-electron chi connectivity index (χ4n) is 2.00. The highest BCUT2D eigenvalue weighted by Crippen LogP contribution is 2.33. The molecule has 0 aliphatic heterocycles. The molecule has 1 atom stereocenters. The van der Waals surface area contributed by atoms with Crippen molar-refractivity contribution in [1.82, 2.24) is 4.90 Å². The first-order valence-electron chi connectivity index (χ1n) is 6.18. The normalized spacial score (nSPS) is 16.4. The summed E-state index contributed by atoms with van der Waals surface area (Å²) in [6, 6.07) is 5.71. The third kappa shape index (κ3) is 3.12. The van der Waals surface area contributed by atoms with Gasteiger partial charge in [-0.05, 0) is 53.7 Å². The highest BCUT2D eigenvalue weighted by Gasteiger charge is 2.31. The van der Waals surface area contributed by atoms with E-state index in [2.05, 4.69) is 15.9 Å². The van der Waals surface area contributed by atoms with Gasteiger partial charge in [0.15, 0.2) is 0 Å². The van der Waals surface area contributed by atoms with E-state index in [-0.39, 0.29) is 12.0 Å². The van der Waals surface area contributed by atoms with E-state index in [0.717, 1.165) is 22.9 Å². The topological polar surface area (TPSA) is 40.5 Å². The van der Waals surface area contributed by atoms with Crippen LogP contribution >= 0.6 is 15.9 Å². The first-order chi connectivity index (χ1) is 8.49. The van der Waals surface area contributed by atoms with Gasteiger partial charge in [0.05, 0.1) is 11.7 Å².